The monoisotopic (exact) mass is 581 g/mol. The van der Waals surface area contributed by atoms with Gasteiger partial charge in [-0.2, -0.15) is 0 Å². The molecule has 7 heteroatoms. The van der Waals surface area contributed by atoms with Gasteiger partial charge in [-0.25, -0.2) is 0 Å². The molecule has 0 radical (unpaired) electrons. The molecule has 0 saturated carbocycles. The molecule has 1 heterocycles. The van der Waals surface area contributed by atoms with Crippen molar-refractivity contribution in [1.82, 2.24) is 4.90 Å². The highest BCUT2D eigenvalue weighted by Crippen LogP contribution is 2.54. The third-order valence-corrected chi connectivity index (χ3v) is 8.75. The van der Waals surface area contributed by atoms with E-state index in [4.69, 9.17) is 32.7 Å². The van der Waals surface area contributed by atoms with Crippen LogP contribution in [0.25, 0.3) is 0 Å². The Balaban J connectivity index is 1.55. The van der Waals surface area contributed by atoms with Gasteiger partial charge in [0, 0.05) is 70.6 Å². The lowest BCUT2D eigenvalue weighted by Gasteiger charge is -2.49. The van der Waals surface area contributed by atoms with Crippen molar-refractivity contribution in [2.45, 2.75) is 65.9 Å². The molecule has 0 atom stereocenters. The van der Waals surface area contributed by atoms with E-state index in [1.54, 1.807) is 19.2 Å². The Kier molecular flexibility index (Phi) is 7.95. The number of hydrogen-bond acceptors (Lipinski definition) is 5. The summed E-state index contributed by atoms with van der Waals surface area (Å²) >= 11 is 12.3. The lowest BCUT2D eigenvalue weighted by atomic mass is 9.63. The Morgan fingerprint density at radius 2 is 1.43 bits per heavy atom. The molecule has 5 nitrogen and oxygen atoms in total. The molecule has 212 valence electrons. The first-order valence-corrected chi connectivity index (χ1v) is 14.6. The number of nitrogens with zero attached hydrogens (tertiary/aromatic N) is 1. The van der Waals surface area contributed by atoms with Gasteiger partial charge in [0.25, 0.3) is 0 Å². The Hall–Kier alpha value is -2.60. The van der Waals surface area contributed by atoms with Crippen molar-refractivity contribution < 1.29 is 19.1 Å². The molecule has 40 heavy (non-hydrogen) atoms. The molecule has 2 aliphatic carbocycles. The van der Waals surface area contributed by atoms with Gasteiger partial charge in [-0.05, 0) is 53.5 Å². The van der Waals surface area contributed by atoms with Gasteiger partial charge >= 0.3 is 0 Å². The van der Waals surface area contributed by atoms with Crippen LogP contribution in [0.15, 0.2) is 65.0 Å². The summed E-state index contributed by atoms with van der Waals surface area (Å²) in [6.45, 7) is 10.0. The van der Waals surface area contributed by atoms with Gasteiger partial charge in [0.1, 0.15) is 12.4 Å². The Morgan fingerprint density at radius 3 is 1.95 bits per heavy atom. The Labute approximate surface area is 247 Å². The van der Waals surface area contributed by atoms with Crippen molar-refractivity contribution in [3.05, 3.63) is 86.2 Å². The quantitative estimate of drug-likeness (QED) is 0.332. The summed E-state index contributed by atoms with van der Waals surface area (Å²) < 4.78 is 11.5. The zero-order valence-corrected chi connectivity index (χ0v) is 25.4. The van der Waals surface area contributed by atoms with Gasteiger partial charge in [-0.3, -0.25) is 9.59 Å². The molecule has 0 bridgehead atoms. The van der Waals surface area contributed by atoms with Gasteiger partial charge in [0.05, 0.1) is 6.61 Å². The van der Waals surface area contributed by atoms with E-state index in [2.05, 4.69) is 32.6 Å². The van der Waals surface area contributed by atoms with E-state index in [1.807, 2.05) is 30.3 Å². The van der Waals surface area contributed by atoms with E-state index in [0.29, 0.717) is 48.4 Å². The minimum Gasteiger partial charge on any atom is -0.489 e. The maximum absolute atomic E-state index is 13.8. The molecule has 0 saturated heterocycles. The summed E-state index contributed by atoms with van der Waals surface area (Å²) in [7, 11) is 1.69. The van der Waals surface area contributed by atoms with Gasteiger partial charge in [-0.1, -0.05) is 69.1 Å². The first-order chi connectivity index (χ1) is 18.9. The summed E-state index contributed by atoms with van der Waals surface area (Å²) in [6, 6.07) is 13.1. The number of ketones is 2. The average molecular weight is 583 g/mol. The van der Waals surface area contributed by atoms with Crippen molar-refractivity contribution in [1.29, 1.82) is 0 Å². The number of carbonyl (C=O) groups excluding carboxylic acids is 2. The molecular formula is C33H37Cl2NO4. The highest BCUT2D eigenvalue weighted by molar-refractivity contribution is 6.35. The van der Waals surface area contributed by atoms with E-state index in [1.165, 1.54) is 0 Å². The number of carbonyl (C=O) groups is 2. The molecule has 0 unspecified atom stereocenters. The molecule has 1 aliphatic heterocycles. The fourth-order valence-electron chi connectivity index (χ4n) is 6.39. The lowest BCUT2D eigenvalue weighted by Crippen LogP contribution is -2.45. The van der Waals surface area contributed by atoms with Gasteiger partial charge in [0.2, 0.25) is 0 Å². The topological polar surface area (TPSA) is 55.8 Å². The van der Waals surface area contributed by atoms with Crippen molar-refractivity contribution in [2.24, 2.45) is 10.8 Å². The normalized spacial score (nSPS) is 20.5. The molecule has 2 aromatic carbocycles. The number of Topliss-reactive ketones (excluding diaryl/α,β-unsaturated/α-hetero) is 2. The predicted octanol–water partition coefficient (Wildman–Crippen LogP) is 7.90. The minimum atomic E-state index is -0.379. The summed E-state index contributed by atoms with van der Waals surface area (Å²) in [6.07, 6.45) is 2.49. The largest absolute Gasteiger partial charge is 0.489 e. The van der Waals surface area contributed by atoms with Crippen LogP contribution < -0.4 is 4.74 Å². The fourth-order valence-corrected chi connectivity index (χ4v) is 6.85. The highest BCUT2D eigenvalue weighted by Gasteiger charge is 2.48. The van der Waals surface area contributed by atoms with Crippen molar-refractivity contribution >= 4 is 34.8 Å². The summed E-state index contributed by atoms with van der Waals surface area (Å²) in [5, 5.41) is 1.13. The second-order valence-corrected chi connectivity index (χ2v) is 13.6. The van der Waals surface area contributed by atoms with E-state index < -0.39 is 0 Å². The van der Waals surface area contributed by atoms with Gasteiger partial charge in [0.15, 0.2) is 11.6 Å². The van der Waals surface area contributed by atoms with E-state index in [0.717, 1.165) is 46.5 Å². The van der Waals surface area contributed by atoms with Crippen LogP contribution in [-0.2, 0) is 20.9 Å². The molecule has 5 rings (SSSR count). The molecule has 3 aliphatic rings. The van der Waals surface area contributed by atoms with Crippen LogP contribution in [0.2, 0.25) is 10.0 Å². The molecular weight excluding hydrogens is 545 g/mol. The lowest BCUT2D eigenvalue weighted by molar-refractivity contribution is -0.119. The maximum atomic E-state index is 13.8. The van der Waals surface area contributed by atoms with Crippen LogP contribution in [0, 0.1) is 10.8 Å². The number of benzene rings is 2. The number of methoxy groups -OCH3 is 1. The second kappa shape index (κ2) is 11.0. The Bertz CT molecular complexity index is 1350. The van der Waals surface area contributed by atoms with Crippen LogP contribution in [0.5, 0.6) is 5.75 Å². The van der Waals surface area contributed by atoms with Crippen molar-refractivity contribution in [2.75, 3.05) is 20.3 Å². The summed E-state index contributed by atoms with van der Waals surface area (Å²) in [4.78, 5) is 29.9. The fraction of sp³-hybridized carbons (Fsp3) is 0.455. The van der Waals surface area contributed by atoms with Crippen molar-refractivity contribution in [3.63, 3.8) is 0 Å². The number of hydrogen-bond donors (Lipinski definition) is 0. The maximum Gasteiger partial charge on any atom is 0.162 e. The molecule has 0 N–H and O–H groups in total. The zero-order chi connectivity index (χ0) is 28.8. The van der Waals surface area contributed by atoms with Crippen LogP contribution in [0.4, 0.5) is 0 Å². The van der Waals surface area contributed by atoms with Crippen LogP contribution in [-0.4, -0.2) is 36.7 Å². The van der Waals surface area contributed by atoms with Gasteiger partial charge < -0.3 is 14.4 Å². The molecule has 0 amide bonds. The third-order valence-electron chi connectivity index (χ3n) is 8.16. The summed E-state index contributed by atoms with van der Waals surface area (Å²) in [5.41, 5.74) is 5.10. The average Bonchev–Trinajstić information content (AvgIpc) is 2.85. The van der Waals surface area contributed by atoms with E-state index >= 15 is 0 Å². The first kappa shape index (κ1) is 28.9. The molecule has 0 fully saturated rings. The van der Waals surface area contributed by atoms with E-state index in [9.17, 15) is 9.59 Å². The molecule has 0 aromatic heterocycles. The SMILES string of the molecule is COCCN1C2=C(C(=O)CC(C)(C)C2)C(c2ccc(OCc3ccc(Cl)cc3Cl)cc2)C2=C1CC(C)(C)CC2=O. The van der Waals surface area contributed by atoms with Crippen molar-refractivity contribution in [3.8, 4) is 5.75 Å². The minimum absolute atomic E-state index is 0.126. The number of allylic oxidation sites excluding steroid dienone is 4. The van der Waals surface area contributed by atoms with Gasteiger partial charge in [-0.15, -0.1) is 0 Å². The summed E-state index contributed by atoms with van der Waals surface area (Å²) in [5.74, 6) is 0.555. The Morgan fingerprint density at radius 1 is 0.850 bits per heavy atom. The van der Waals surface area contributed by atoms with E-state index in [-0.39, 0.29) is 28.3 Å². The smallest absolute Gasteiger partial charge is 0.162 e. The number of rotatable bonds is 7. The number of ether oxygens (including phenoxy) is 2. The molecule has 0 spiro atoms. The third kappa shape index (κ3) is 5.74. The molecule has 2 aromatic rings. The predicted molar refractivity (Wildman–Crippen MR) is 159 cm³/mol. The second-order valence-electron chi connectivity index (χ2n) is 12.8. The number of halogens is 2. The zero-order valence-electron chi connectivity index (χ0n) is 23.9. The van der Waals surface area contributed by atoms with Crippen LogP contribution in [0.3, 0.4) is 0 Å². The van der Waals surface area contributed by atoms with Crippen LogP contribution >= 0.6 is 23.2 Å². The highest BCUT2D eigenvalue weighted by atomic mass is 35.5. The van der Waals surface area contributed by atoms with Crippen LogP contribution in [0.1, 0.15) is 70.4 Å². The first-order valence-electron chi connectivity index (χ1n) is 13.8. The standard InChI is InChI=1S/C33H37Cl2NO4/c1-32(2)15-25-30(27(37)17-32)29(31-26(36(25)12-13-39-5)16-33(3,4)18-28(31)38)20-7-10-23(11-8-20)40-19-21-6-9-22(34)14-24(21)35/h6-11,14,29H,12-13,15-19H2,1-5H3.